The molecule has 6 heteroatoms. The van der Waals surface area contributed by atoms with E-state index in [0.717, 1.165) is 66.9 Å². The predicted octanol–water partition coefficient (Wildman–Crippen LogP) is 5.42. The van der Waals surface area contributed by atoms with Crippen molar-refractivity contribution in [3.8, 4) is 0 Å². The number of H-pyrrole nitrogens is 1. The number of aryl methyl sites for hydroxylation is 1. The van der Waals surface area contributed by atoms with Crippen LogP contribution in [0.4, 0.5) is 10.1 Å². The first kappa shape index (κ1) is 21.2. The largest absolute Gasteiger partial charge is 0.368 e. The van der Waals surface area contributed by atoms with Crippen LogP contribution in [-0.2, 0) is 6.42 Å². The van der Waals surface area contributed by atoms with E-state index in [9.17, 15) is 9.18 Å². The molecule has 0 radical (unpaired) electrons. The SMILES string of the molecule is O=c1ccc2ccc(CCCCCN3CCN(c4cc(F)cc5sccc45)CC3)cc2[nH]1. The number of unbranched alkanes of at least 4 members (excludes halogenated alkanes) is 2. The lowest BCUT2D eigenvalue weighted by Gasteiger charge is -2.36. The molecule has 3 heterocycles. The summed E-state index contributed by atoms with van der Waals surface area (Å²) in [5, 5.41) is 4.29. The summed E-state index contributed by atoms with van der Waals surface area (Å²) in [6.45, 7) is 5.07. The molecule has 1 saturated heterocycles. The van der Waals surface area contributed by atoms with Gasteiger partial charge >= 0.3 is 0 Å². The number of rotatable bonds is 7. The number of pyridine rings is 1. The van der Waals surface area contributed by atoms with Gasteiger partial charge in [0.2, 0.25) is 5.56 Å². The first-order chi connectivity index (χ1) is 15.7. The quantitative estimate of drug-likeness (QED) is 0.383. The van der Waals surface area contributed by atoms with E-state index < -0.39 is 0 Å². The number of anilines is 1. The zero-order valence-electron chi connectivity index (χ0n) is 18.1. The minimum Gasteiger partial charge on any atom is -0.368 e. The van der Waals surface area contributed by atoms with Crippen LogP contribution in [0.5, 0.6) is 0 Å². The molecule has 0 saturated carbocycles. The zero-order valence-corrected chi connectivity index (χ0v) is 19.0. The molecule has 0 aliphatic carbocycles. The van der Waals surface area contributed by atoms with E-state index in [0.29, 0.717) is 0 Å². The topological polar surface area (TPSA) is 39.3 Å². The van der Waals surface area contributed by atoms with Gasteiger partial charge in [0.15, 0.2) is 0 Å². The molecular weight excluding hydrogens is 421 g/mol. The van der Waals surface area contributed by atoms with Crippen molar-refractivity contribution in [2.75, 3.05) is 37.6 Å². The highest BCUT2D eigenvalue weighted by Gasteiger charge is 2.19. The van der Waals surface area contributed by atoms with Crippen LogP contribution in [0.15, 0.2) is 58.7 Å². The molecule has 4 aromatic rings. The Morgan fingerprint density at radius 3 is 2.66 bits per heavy atom. The average Bonchev–Trinajstić information content (AvgIpc) is 3.27. The second-order valence-electron chi connectivity index (χ2n) is 8.64. The number of nitrogens with zero attached hydrogens (tertiary/aromatic N) is 2. The maximum absolute atomic E-state index is 14.0. The molecule has 2 aromatic heterocycles. The van der Waals surface area contributed by atoms with E-state index >= 15 is 0 Å². The van der Waals surface area contributed by atoms with Gasteiger partial charge < -0.3 is 9.88 Å². The third kappa shape index (κ3) is 4.71. The summed E-state index contributed by atoms with van der Waals surface area (Å²) in [5.41, 5.74) is 3.19. The number of piperazine rings is 1. The molecule has 1 N–H and O–H groups in total. The molecule has 166 valence electrons. The predicted molar refractivity (Wildman–Crippen MR) is 133 cm³/mol. The lowest BCUT2D eigenvalue weighted by atomic mass is 10.0. The summed E-state index contributed by atoms with van der Waals surface area (Å²) in [6.07, 6.45) is 4.58. The van der Waals surface area contributed by atoms with E-state index in [4.69, 9.17) is 0 Å². The highest BCUT2D eigenvalue weighted by molar-refractivity contribution is 7.17. The molecule has 4 nitrogen and oxygen atoms in total. The summed E-state index contributed by atoms with van der Waals surface area (Å²) >= 11 is 1.60. The molecule has 1 fully saturated rings. The summed E-state index contributed by atoms with van der Waals surface area (Å²) in [4.78, 5) is 19.3. The molecule has 5 rings (SSSR count). The Balaban J connectivity index is 1.07. The van der Waals surface area contributed by atoms with Crippen molar-refractivity contribution in [2.45, 2.75) is 25.7 Å². The number of thiophene rings is 1. The number of halogens is 1. The summed E-state index contributed by atoms with van der Waals surface area (Å²) in [5.74, 6) is -0.143. The van der Waals surface area contributed by atoms with Gasteiger partial charge in [-0.1, -0.05) is 18.6 Å². The smallest absolute Gasteiger partial charge is 0.248 e. The summed E-state index contributed by atoms with van der Waals surface area (Å²) in [7, 11) is 0. The van der Waals surface area contributed by atoms with Crippen LogP contribution in [0.1, 0.15) is 24.8 Å². The number of nitrogens with one attached hydrogen (secondary N) is 1. The van der Waals surface area contributed by atoms with Crippen LogP contribution >= 0.6 is 11.3 Å². The van der Waals surface area contributed by atoms with Crippen molar-refractivity contribution in [3.63, 3.8) is 0 Å². The second-order valence-corrected chi connectivity index (χ2v) is 9.59. The summed E-state index contributed by atoms with van der Waals surface area (Å²) in [6, 6.07) is 15.2. The lowest BCUT2D eigenvalue weighted by molar-refractivity contribution is 0.252. The molecule has 0 bridgehead atoms. The van der Waals surface area contributed by atoms with Crippen LogP contribution in [0.3, 0.4) is 0 Å². The molecule has 1 aliphatic heterocycles. The van der Waals surface area contributed by atoms with Gasteiger partial charge in [-0.25, -0.2) is 4.39 Å². The van der Waals surface area contributed by atoms with Gasteiger partial charge in [0.25, 0.3) is 0 Å². The minimum atomic E-state index is -0.143. The Hall–Kier alpha value is -2.70. The van der Waals surface area contributed by atoms with Crippen molar-refractivity contribution >= 4 is 38.0 Å². The molecule has 32 heavy (non-hydrogen) atoms. The van der Waals surface area contributed by atoms with Crippen LogP contribution in [0.2, 0.25) is 0 Å². The molecule has 1 aliphatic rings. The number of benzene rings is 2. The van der Waals surface area contributed by atoms with Gasteiger partial charge in [-0.2, -0.15) is 0 Å². The highest BCUT2D eigenvalue weighted by atomic mass is 32.1. The van der Waals surface area contributed by atoms with Crippen molar-refractivity contribution in [3.05, 3.63) is 75.6 Å². The van der Waals surface area contributed by atoms with Gasteiger partial charge in [-0.05, 0) is 72.5 Å². The zero-order chi connectivity index (χ0) is 21.9. The first-order valence-corrected chi connectivity index (χ1v) is 12.3. The van der Waals surface area contributed by atoms with Crippen molar-refractivity contribution in [1.29, 1.82) is 0 Å². The molecule has 0 spiro atoms. The van der Waals surface area contributed by atoms with Gasteiger partial charge in [0.1, 0.15) is 5.82 Å². The maximum Gasteiger partial charge on any atom is 0.248 e. The van der Waals surface area contributed by atoms with E-state index in [1.54, 1.807) is 29.5 Å². The number of aromatic amines is 1. The highest BCUT2D eigenvalue weighted by Crippen LogP contribution is 2.32. The standard InChI is InChI=1S/C26H28FN3OS/c27-21-17-24(22-9-15-32-25(22)18-21)30-13-11-29(12-14-30)10-3-1-2-4-19-5-6-20-7-8-26(31)28-23(20)16-19/h5-9,15-18H,1-4,10-14H2,(H,28,31). The van der Waals surface area contributed by atoms with Gasteiger partial charge in [0, 0.05) is 53.5 Å². The molecular formula is C26H28FN3OS. The average molecular weight is 450 g/mol. The van der Waals surface area contributed by atoms with E-state index in [2.05, 4.69) is 39.0 Å². The normalized spacial score (nSPS) is 15.1. The number of fused-ring (bicyclic) bond motifs is 2. The van der Waals surface area contributed by atoms with Crippen molar-refractivity contribution in [1.82, 2.24) is 9.88 Å². The third-order valence-corrected chi connectivity index (χ3v) is 7.32. The van der Waals surface area contributed by atoms with Crippen LogP contribution < -0.4 is 10.5 Å². The third-order valence-electron chi connectivity index (χ3n) is 6.46. The fourth-order valence-corrected chi connectivity index (χ4v) is 5.52. The monoisotopic (exact) mass is 449 g/mol. The van der Waals surface area contributed by atoms with E-state index in [-0.39, 0.29) is 11.4 Å². The number of hydrogen-bond donors (Lipinski definition) is 1. The van der Waals surface area contributed by atoms with Crippen molar-refractivity contribution < 1.29 is 4.39 Å². The Labute approximate surface area is 191 Å². The second kappa shape index (κ2) is 9.43. The fourth-order valence-electron chi connectivity index (χ4n) is 4.69. The van der Waals surface area contributed by atoms with Gasteiger partial charge in [0.05, 0.1) is 0 Å². The maximum atomic E-state index is 14.0. The van der Waals surface area contributed by atoms with Crippen LogP contribution in [0.25, 0.3) is 21.0 Å². The summed E-state index contributed by atoms with van der Waals surface area (Å²) < 4.78 is 15.0. The Morgan fingerprint density at radius 1 is 0.938 bits per heavy atom. The Morgan fingerprint density at radius 2 is 1.78 bits per heavy atom. The fraction of sp³-hybridized carbons (Fsp3) is 0.346. The number of hydrogen-bond acceptors (Lipinski definition) is 4. The lowest BCUT2D eigenvalue weighted by Crippen LogP contribution is -2.46. The van der Waals surface area contributed by atoms with E-state index in [1.165, 1.54) is 23.8 Å². The molecule has 0 atom stereocenters. The van der Waals surface area contributed by atoms with Crippen LogP contribution in [0, 0.1) is 5.82 Å². The van der Waals surface area contributed by atoms with Gasteiger partial charge in [-0.3, -0.25) is 9.69 Å². The number of aromatic nitrogens is 1. The minimum absolute atomic E-state index is 0.0492. The first-order valence-electron chi connectivity index (χ1n) is 11.4. The Bertz CT molecular complexity index is 1270. The molecule has 0 amide bonds. The van der Waals surface area contributed by atoms with E-state index in [1.807, 2.05) is 11.4 Å². The molecule has 0 unspecified atom stereocenters. The van der Waals surface area contributed by atoms with Crippen LogP contribution in [-0.4, -0.2) is 42.6 Å². The van der Waals surface area contributed by atoms with Gasteiger partial charge in [-0.15, -0.1) is 11.3 Å². The Kier molecular flexibility index (Phi) is 6.23. The molecule has 2 aromatic carbocycles. The van der Waals surface area contributed by atoms with Crippen molar-refractivity contribution in [2.24, 2.45) is 0 Å².